The third kappa shape index (κ3) is 7.98. The Labute approximate surface area is 180 Å². The molecule has 1 heterocycles. The van der Waals surface area contributed by atoms with Gasteiger partial charge in [0.05, 0.1) is 20.1 Å². The second kappa shape index (κ2) is 11.6. The van der Waals surface area contributed by atoms with Crippen molar-refractivity contribution in [2.75, 3.05) is 46.4 Å². The van der Waals surface area contributed by atoms with Crippen LogP contribution in [0.15, 0.2) is 23.2 Å². The van der Waals surface area contributed by atoms with Gasteiger partial charge in [0.15, 0.2) is 17.5 Å². The highest BCUT2D eigenvalue weighted by molar-refractivity contribution is 14.0. The lowest BCUT2D eigenvalue weighted by Gasteiger charge is -2.36. The van der Waals surface area contributed by atoms with E-state index < -0.39 is 12.6 Å². The lowest BCUT2D eigenvalue weighted by atomic mass is 10.2. The zero-order valence-corrected chi connectivity index (χ0v) is 18.4. The number of nitrogens with zero attached hydrogens (tertiary/aromatic N) is 3. The van der Waals surface area contributed by atoms with Gasteiger partial charge in [-0.3, -0.25) is 9.89 Å². The maximum Gasteiger partial charge on any atom is 0.390 e. The van der Waals surface area contributed by atoms with Crippen molar-refractivity contribution < 1.29 is 22.3 Å². The smallest absolute Gasteiger partial charge is 0.390 e. The molecule has 1 aliphatic heterocycles. The maximum atomic E-state index is 13.8. The first-order valence-corrected chi connectivity index (χ1v) is 8.97. The number of methoxy groups -OCH3 is 1. The zero-order chi connectivity index (χ0) is 19.9. The highest BCUT2D eigenvalue weighted by Gasteiger charge is 2.26. The number of hydrogen-bond acceptors (Lipinski definition) is 3. The first kappa shape index (κ1) is 24.7. The molecule has 0 radical (unpaired) electrons. The van der Waals surface area contributed by atoms with Gasteiger partial charge in [0.1, 0.15) is 0 Å². The molecule has 5 nitrogen and oxygen atoms in total. The minimum atomic E-state index is -4.20. The molecule has 1 aromatic rings. The molecule has 160 valence electrons. The summed E-state index contributed by atoms with van der Waals surface area (Å²) in [6, 6.07) is 4.91. The number of rotatable bonds is 6. The highest BCUT2D eigenvalue weighted by atomic mass is 127. The molecule has 0 saturated carbocycles. The molecular formula is C18H27F4IN4O. The van der Waals surface area contributed by atoms with Crippen LogP contribution < -0.4 is 10.1 Å². The van der Waals surface area contributed by atoms with Gasteiger partial charge in [-0.2, -0.15) is 13.2 Å². The molecule has 0 spiro atoms. The van der Waals surface area contributed by atoms with Crippen molar-refractivity contribution in [1.29, 1.82) is 0 Å². The van der Waals surface area contributed by atoms with Crippen LogP contribution in [0.2, 0.25) is 0 Å². The summed E-state index contributed by atoms with van der Waals surface area (Å²) < 4.78 is 55.7. The monoisotopic (exact) mass is 518 g/mol. The van der Waals surface area contributed by atoms with E-state index in [0.717, 1.165) is 18.7 Å². The third-order valence-corrected chi connectivity index (χ3v) is 4.29. The fourth-order valence-electron chi connectivity index (χ4n) is 2.90. The number of alkyl halides is 3. The van der Waals surface area contributed by atoms with Gasteiger partial charge >= 0.3 is 6.18 Å². The normalized spacial score (nSPS) is 15.9. The largest absolute Gasteiger partial charge is 0.494 e. The zero-order valence-electron chi connectivity index (χ0n) is 16.1. The van der Waals surface area contributed by atoms with Crippen LogP contribution in [0.3, 0.4) is 0 Å². The molecule has 0 atom stereocenters. The minimum absolute atomic E-state index is 0. The van der Waals surface area contributed by atoms with Crippen molar-refractivity contribution in [3.8, 4) is 5.75 Å². The molecule has 0 aliphatic carbocycles. The predicted molar refractivity (Wildman–Crippen MR) is 112 cm³/mol. The van der Waals surface area contributed by atoms with Crippen LogP contribution in [0.1, 0.15) is 18.9 Å². The summed E-state index contributed by atoms with van der Waals surface area (Å²) in [5.74, 6) is 0.339. The summed E-state index contributed by atoms with van der Waals surface area (Å²) in [6.45, 7) is 5.54. The molecular weight excluding hydrogens is 491 g/mol. The molecule has 0 amide bonds. The first-order valence-electron chi connectivity index (χ1n) is 8.97. The minimum Gasteiger partial charge on any atom is -0.494 e. The molecule has 0 unspecified atom stereocenters. The Morgan fingerprint density at radius 3 is 2.43 bits per heavy atom. The van der Waals surface area contributed by atoms with Gasteiger partial charge in [-0.15, -0.1) is 24.0 Å². The molecule has 0 bridgehead atoms. The SMILES string of the molecule is CCNC(=NCCC(F)(F)F)N1CCN(Cc2ccc(OC)c(F)c2)CC1.I. The van der Waals surface area contributed by atoms with E-state index in [9.17, 15) is 17.6 Å². The van der Waals surface area contributed by atoms with E-state index in [1.807, 2.05) is 17.9 Å². The molecule has 10 heteroatoms. The molecule has 1 fully saturated rings. The maximum absolute atomic E-state index is 13.8. The van der Waals surface area contributed by atoms with Crippen LogP contribution >= 0.6 is 24.0 Å². The van der Waals surface area contributed by atoms with E-state index in [4.69, 9.17) is 4.74 Å². The van der Waals surface area contributed by atoms with Crippen molar-refractivity contribution >= 4 is 29.9 Å². The van der Waals surface area contributed by atoms with Crippen LogP contribution in [0, 0.1) is 5.82 Å². The number of ether oxygens (including phenoxy) is 1. The van der Waals surface area contributed by atoms with Crippen LogP contribution in [-0.4, -0.2) is 68.3 Å². The molecule has 0 aromatic heterocycles. The first-order chi connectivity index (χ1) is 12.8. The van der Waals surface area contributed by atoms with Crippen molar-refractivity contribution in [2.24, 2.45) is 4.99 Å². The van der Waals surface area contributed by atoms with E-state index in [-0.39, 0.29) is 42.1 Å². The fraction of sp³-hybridized carbons (Fsp3) is 0.611. The van der Waals surface area contributed by atoms with E-state index in [2.05, 4.69) is 15.2 Å². The average molecular weight is 518 g/mol. The number of piperazine rings is 1. The summed E-state index contributed by atoms with van der Waals surface area (Å²) in [5, 5.41) is 3.05. The van der Waals surface area contributed by atoms with Gasteiger partial charge in [-0.05, 0) is 24.6 Å². The predicted octanol–water partition coefficient (Wildman–Crippen LogP) is 3.49. The quantitative estimate of drug-likeness (QED) is 0.271. The lowest BCUT2D eigenvalue weighted by Crippen LogP contribution is -2.52. The van der Waals surface area contributed by atoms with Crippen LogP contribution in [0.25, 0.3) is 0 Å². The average Bonchev–Trinajstić information content (AvgIpc) is 2.61. The van der Waals surface area contributed by atoms with E-state index >= 15 is 0 Å². The van der Waals surface area contributed by atoms with Gasteiger partial charge < -0.3 is 15.0 Å². The van der Waals surface area contributed by atoms with Gasteiger partial charge in [-0.25, -0.2) is 4.39 Å². The van der Waals surface area contributed by atoms with E-state index in [0.29, 0.717) is 32.1 Å². The second-order valence-corrected chi connectivity index (χ2v) is 6.33. The number of halogens is 5. The lowest BCUT2D eigenvalue weighted by molar-refractivity contribution is -0.132. The molecule has 28 heavy (non-hydrogen) atoms. The Balaban J connectivity index is 0.00000392. The van der Waals surface area contributed by atoms with Gasteiger partial charge in [0.25, 0.3) is 0 Å². The Hall–Kier alpha value is -1.30. The molecule has 1 saturated heterocycles. The topological polar surface area (TPSA) is 40.1 Å². The Morgan fingerprint density at radius 1 is 1.21 bits per heavy atom. The number of aliphatic imine (C=N–C) groups is 1. The van der Waals surface area contributed by atoms with E-state index in [1.165, 1.54) is 13.2 Å². The fourth-order valence-corrected chi connectivity index (χ4v) is 2.90. The van der Waals surface area contributed by atoms with Gasteiger partial charge in [-0.1, -0.05) is 6.07 Å². The number of nitrogens with one attached hydrogen (secondary N) is 1. The molecule has 1 aromatic carbocycles. The summed E-state index contributed by atoms with van der Waals surface area (Å²) in [6.07, 6.45) is -5.13. The summed E-state index contributed by atoms with van der Waals surface area (Å²) in [5.41, 5.74) is 0.854. The van der Waals surface area contributed by atoms with Crippen LogP contribution in [-0.2, 0) is 6.54 Å². The Bertz CT molecular complexity index is 635. The Kier molecular flexibility index (Phi) is 10.3. The Morgan fingerprint density at radius 2 is 1.89 bits per heavy atom. The van der Waals surface area contributed by atoms with E-state index in [1.54, 1.807) is 6.07 Å². The van der Waals surface area contributed by atoms with Crippen molar-refractivity contribution in [3.63, 3.8) is 0 Å². The second-order valence-electron chi connectivity index (χ2n) is 6.33. The van der Waals surface area contributed by atoms with Crippen LogP contribution in [0.4, 0.5) is 17.6 Å². The molecule has 1 N–H and O–H groups in total. The van der Waals surface area contributed by atoms with Crippen molar-refractivity contribution in [3.05, 3.63) is 29.6 Å². The van der Waals surface area contributed by atoms with Gasteiger partial charge in [0.2, 0.25) is 0 Å². The highest BCUT2D eigenvalue weighted by Crippen LogP contribution is 2.20. The molecule has 2 rings (SSSR count). The number of guanidine groups is 1. The standard InChI is InChI=1S/C18H26F4N4O.HI/c1-3-23-17(24-7-6-18(20,21)22)26-10-8-25(9-11-26)13-14-4-5-16(27-2)15(19)12-14;/h4-5,12H,3,6-11,13H2,1-2H3,(H,23,24);1H. The molecule has 1 aliphatic rings. The number of hydrogen-bond donors (Lipinski definition) is 1. The number of benzene rings is 1. The third-order valence-electron chi connectivity index (χ3n) is 4.29. The van der Waals surface area contributed by atoms with Gasteiger partial charge in [0, 0.05) is 39.3 Å². The van der Waals surface area contributed by atoms with Crippen molar-refractivity contribution in [2.45, 2.75) is 26.1 Å². The summed E-state index contributed by atoms with van der Waals surface area (Å²) in [7, 11) is 1.43. The van der Waals surface area contributed by atoms with Crippen molar-refractivity contribution in [1.82, 2.24) is 15.1 Å². The van der Waals surface area contributed by atoms with Crippen LogP contribution in [0.5, 0.6) is 5.75 Å². The summed E-state index contributed by atoms with van der Waals surface area (Å²) >= 11 is 0. The summed E-state index contributed by atoms with van der Waals surface area (Å²) in [4.78, 5) is 8.23.